The lowest BCUT2D eigenvalue weighted by Gasteiger charge is -2.46. The second-order valence-corrected chi connectivity index (χ2v) is 14.1. The summed E-state index contributed by atoms with van der Waals surface area (Å²) >= 11 is 8.00. The fraction of sp³-hybridized carbons (Fsp3) is 0.559. The first-order chi connectivity index (χ1) is 19.9. The number of halogens is 1. The second kappa shape index (κ2) is 12.2. The van der Waals surface area contributed by atoms with Crippen LogP contribution in [0.15, 0.2) is 48.6 Å². The molecule has 0 radical (unpaired) electrons. The molecule has 1 amide bonds. The number of anilines is 1. The van der Waals surface area contributed by atoms with Gasteiger partial charge in [0.15, 0.2) is 0 Å². The Labute approximate surface area is 254 Å². The highest BCUT2D eigenvalue weighted by molar-refractivity contribution is 7.98. The summed E-state index contributed by atoms with van der Waals surface area (Å²) in [5.41, 5.74) is 4.30. The zero-order valence-electron chi connectivity index (χ0n) is 24.5. The number of carbonyl (C=O) groups is 1. The van der Waals surface area contributed by atoms with Crippen LogP contribution in [0, 0.1) is 17.8 Å². The van der Waals surface area contributed by atoms with Crippen molar-refractivity contribution in [2.45, 2.75) is 75.6 Å². The van der Waals surface area contributed by atoms with Crippen molar-refractivity contribution >= 4 is 35.1 Å². The third kappa shape index (κ3) is 5.77. The molecule has 1 fully saturated rings. The van der Waals surface area contributed by atoms with Crippen LogP contribution in [0.1, 0.15) is 73.9 Å². The van der Waals surface area contributed by atoms with Crippen LogP contribution in [0.3, 0.4) is 0 Å². The van der Waals surface area contributed by atoms with Gasteiger partial charge in [0.2, 0.25) is 0 Å². The zero-order valence-corrected chi connectivity index (χ0v) is 26.1. The monoisotopic (exact) mass is 594 g/mol. The number of methoxy groups -OCH3 is 1. The van der Waals surface area contributed by atoms with Crippen LogP contribution < -0.4 is 14.4 Å². The number of nitrogens with zero attached hydrogens (tertiary/aromatic N) is 1. The van der Waals surface area contributed by atoms with Crippen LogP contribution in [-0.2, 0) is 16.6 Å². The van der Waals surface area contributed by atoms with Crippen LogP contribution in [-0.4, -0.2) is 44.1 Å². The lowest BCUT2D eigenvalue weighted by atomic mass is 9.68. The lowest BCUT2D eigenvalue weighted by molar-refractivity contribution is 0.0131. The maximum atomic E-state index is 13.4. The van der Waals surface area contributed by atoms with E-state index in [1.807, 2.05) is 25.3 Å². The average Bonchev–Trinajstić information content (AvgIpc) is 3.11. The molecule has 2 aromatic carbocycles. The summed E-state index contributed by atoms with van der Waals surface area (Å²) in [6.45, 7) is 6.89. The predicted molar refractivity (Wildman–Crippen MR) is 169 cm³/mol. The number of fused-ring (bicyclic) bond motifs is 4. The summed E-state index contributed by atoms with van der Waals surface area (Å²) in [6, 6.07) is 12.4. The molecule has 41 heavy (non-hydrogen) atoms. The first kappa shape index (κ1) is 28.9. The topological polar surface area (TPSA) is 50.8 Å². The summed E-state index contributed by atoms with van der Waals surface area (Å²) in [5, 5.41) is 1.14. The van der Waals surface area contributed by atoms with E-state index in [9.17, 15) is 4.79 Å². The third-order valence-electron chi connectivity index (χ3n) is 10.1. The Morgan fingerprint density at radius 2 is 2.10 bits per heavy atom. The van der Waals surface area contributed by atoms with E-state index in [4.69, 9.17) is 21.1 Å². The number of amides is 1. The highest BCUT2D eigenvalue weighted by atomic mass is 35.5. The highest BCUT2D eigenvalue weighted by Gasteiger charge is 2.44. The molecule has 1 spiro atoms. The molecule has 7 heteroatoms. The number of benzene rings is 2. The number of aryl methyl sites for hydroxylation is 1. The quantitative estimate of drug-likeness (QED) is 0.286. The van der Waals surface area contributed by atoms with E-state index in [1.54, 1.807) is 11.9 Å². The number of carbonyl (C=O) groups excluding carboxylic acids is 1. The van der Waals surface area contributed by atoms with E-state index >= 15 is 0 Å². The number of ether oxygens (including phenoxy) is 2. The third-order valence-corrected chi connectivity index (χ3v) is 11.7. The number of rotatable bonds is 2. The molecule has 1 N–H and O–H groups in total. The second-order valence-electron chi connectivity index (χ2n) is 12.6. The average molecular weight is 595 g/mol. The molecule has 2 aliphatic heterocycles. The molecule has 0 saturated heterocycles. The molecule has 2 aliphatic carbocycles. The minimum Gasteiger partial charge on any atom is -0.490 e. The minimum atomic E-state index is -0.124. The number of hydrogen-bond donors (Lipinski definition) is 1. The molecule has 6 rings (SSSR count). The van der Waals surface area contributed by atoms with Crippen molar-refractivity contribution in [1.82, 2.24) is 4.72 Å². The van der Waals surface area contributed by atoms with Gasteiger partial charge in [-0.2, -0.15) is 0 Å². The van der Waals surface area contributed by atoms with Crippen molar-refractivity contribution < 1.29 is 14.3 Å². The van der Waals surface area contributed by atoms with Crippen molar-refractivity contribution in [2.75, 3.05) is 31.7 Å². The maximum absolute atomic E-state index is 13.4. The first-order valence-electron chi connectivity index (χ1n) is 15.4. The van der Waals surface area contributed by atoms with Gasteiger partial charge < -0.3 is 14.4 Å². The zero-order chi connectivity index (χ0) is 28.6. The predicted octanol–water partition coefficient (Wildman–Crippen LogP) is 7.61. The molecule has 2 heterocycles. The molecule has 0 unspecified atom stereocenters. The van der Waals surface area contributed by atoms with Crippen molar-refractivity contribution in [2.24, 2.45) is 17.8 Å². The Kier molecular flexibility index (Phi) is 8.63. The van der Waals surface area contributed by atoms with E-state index in [2.05, 4.69) is 53.8 Å². The SMILES string of the molecule is CC[C@H]1SNC(=O)c2ccc3c(c2)N(C[C@@H]2CC[C@H]2[C@@H](OC)/C=C/C[C@@H]1C)C[C@@]1(CCCc2cc(Cl)ccc21)CO3. The molecule has 2 bridgehead atoms. The summed E-state index contributed by atoms with van der Waals surface area (Å²) in [4.78, 5) is 15.9. The minimum absolute atomic E-state index is 0.0383. The normalized spacial score (nSPS) is 32.5. The molecule has 5 nitrogen and oxygen atoms in total. The number of allylic oxidation sites excluding steroid dienone is 1. The van der Waals surface area contributed by atoms with E-state index in [-0.39, 0.29) is 17.4 Å². The van der Waals surface area contributed by atoms with Gasteiger partial charge in [-0.15, -0.1) is 0 Å². The Hall–Kier alpha value is -2.15. The van der Waals surface area contributed by atoms with Gasteiger partial charge in [-0.1, -0.05) is 43.7 Å². The highest BCUT2D eigenvalue weighted by Crippen LogP contribution is 2.47. The first-order valence-corrected chi connectivity index (χ1v) is 16.6. The van der Waals surface area contributed by atoms with E-state index in [1.165, 1.54) is 24.0 Å². The van der Waals surface area contributed by atoms with Crippen LogP contribution in [0.5, 0.6) is 5.75 Å². The largest absolute Gasteiger partial charge is 0.490 e. The summed E-state index contributed by atoms with van der Waals surface area (Å²) in [5.74, 6) is 2.28. The molecule has 2 aromatic rings. The molecular formula is C34H43ClN2O3S. The summed E-state index contributed by atoms with van der Waals surface area (Å²) in [7, 11) is 1.85. The van der Waals surface area contributed by atoms with Crippen LogP contribution in [0.4, 0.5) is 5.69 Å². The Balaban J connectivity index is 1.39. The Bertz CT molecular complexity index is 1300. The van der Waals surface area contributed by atoms with Gasteiger partial charge in [-0.3, -0.25) is 9.52 Å². The summed E-state index contributed by atoms with van der Waals surface area (Å²) in [6.07, 6.45) is 12.3. The van der Waals surface area contributed by atoms with Gasteiger partial charge >= 0.3 is 0 Å². The fourth-order valence-corrected chi connectivity index (χ4v) is 8.64. The maximum Gasteiger partial charge on any atom is 0.261 e. The lowest BCUT2D eigenvalue weighted by Crippen LogP contribution is -2.49. The van der Waals surface area contributed by atoms with Crippen molar-refractivity contribution in [3.63, 3.8) is 0 Å². The molecular weight excluding hydrogens is 552 g/mol. The molecule has 220 valence electrons. The van der Waals surface area contributed by atoms with Crippen LogP contribution in [0.25, 0.3) is 0 Å². The molecule has 6 atom stereocenters. The fourth-order valence-electron chi connectivity index (χ4n) is 7.56. The van der Waals surface area contributed by atoms with Crippen molar-refractivity contribution in [3.05, 3.63) is 70.3 Å². The molecule has 0 aromatic heterocycles. The Morgan fingerprint density at radius 3 is 2.88 bits per heavy atom. The van der Waals surface area contributed by atoms with Crippen LogP contribution >= 0.6 is 23.5 Å². The number of hydrogen-bond acceptors (Lipinski definition) is 5. The number of nitrogens with one attached hydrogen (secondary N) is 1. The van der Waals surface area contributed by atoms with Gasteiger partial charge in [0.1, 0.15) is 5.75 Å². The van der Waals surface area contributed by atoms with Gasteiger partial charge in [-0.25, -0.2) is 0 Å². The van der Waals surface area contributed by atoms with Gasteiger partial charge in [-0.05, 0) is 116 Å². The van der Waals surface area contributed by atoms with Crippen LogP contribution in [0.2, 0.25) is 5.02 Å². The van der Waals surface area contributed by atoms with Gasteiger partial charge in [0.25, 0.3) is 5.91 Å². The van der Waals surface area contributed by atoms with Gasteiger partial charge in [0, 0.05) is 41.5 Å². The molecule has 1 saturated carbocycles. The van der Waals surface area contributed by atoms with E-state index in [0.717, 1.165) is 61.7 Å². The van der Waals surface area contributed by atoms with Crippen molar-refractivity contribution in [3.8, 4) is 5.75 Å². The smallest absolute Gasteiger partial charge is 0.261 e. The van der Waals surface area contributed by atoms with Gasteiger partial charge in [0.05, 0.1) is 18.4 Å². The van der Waals surface area contributed by atoms with Crippen molar-refractivity contribution in [1.29, 1.82) is 0 Å². The molecule has 4 aliphatic rings. The standard InChI is InChI=1S/C34H43ClN2O3S/c1-4-32-22(2)7-5-9-30(39-3)27-13-10-25(27)19-37-20-34(16-6-8-23-17-26(35)12-14-28(23)34)21-40-31-15-11-24(18-29(31)37)33(38)36-41-32/h5,9,11-12,14-15,17-18,22,25,27,30,32H,4,6-8,10,13,16,19-21H2,1-3H3,(H,36,38)/b9-5+/t22-,25-,27+,30-,32+,34-/m0/s1. The van der Waals surface area contributed by atoms with E-state index in [0.29, 0.717) is 35.2 Å². The Morgan fingerprint density at radius 1 is 1.22 bits per heavy atom. The van der Waals surface area contributed by atoms with E-state index < -0.39 is 0 Å². The summed E-state index contributed by atoms with van der Waals surface area (Å²) < 4.78 is 15.9.